The number of sulfonamides is 1. The van der Waals surface area contributed by atoms with Crippen LogP contribution in [0.5, 0.6) is 0 Å². The highest BCUT2D eigenvalue weighted by molar-refractivity contribution is 7.92. The van der Waals surface area contributed by atoms with E-state index in [4.69, 9.17) is 0 Å². The molecule has 0 atom stereocenters. The minimum absolute atomic E-state index is 0.124. The Morgan fingerprint density at radius 3 is 2.30 bits per heavy atom. The first-order valence-corrected chi connectivity index (χ1v) is 14.7. The maximum Gasteiger partial charge on any atom is 0.264 e. The Bertz CT molecular complexity index is 1670. The van der Waals surface area contributed by atoms with Gasteiger partial charge >= 0.3 is 0 Å². The molecule has 0 unspecified atom stereocenters. The summed E-state index contributed by atoms with van der Waals surface area (Å²) >= 11 is 0. The Labute approximate surface area is 237 Å². The number of hydrazone groups is 1. The van der Waals surface area contributed by atoms with Gasteiger partial charge in [0.25, 0.3) is 15.9 Å². The van der Waals surface area contributed by atoms with Crippen LogP contribution in [0.3, 0.4) is 0 Å². The molecule has 0 aliphatic rings. The van der Waals surface area contributed by atoms with Crippen molar-refractivity contribution >= 4 is 27.8 Å². The average molecular weight is 557 g/mol. The molecule has 1 N–H and O–H groups in total. The maximum absolute atomic E-state index is 13.7. The van der Waals surface area contributed by atoms with E-state index >= 15 is 0 Å². The Kier molecular flexibility index (Phi) is 8.59. The number of hydrogen-bond donors (Lipinski definition) is 1. The lowest BCUT2D eigenvalue weighted by Crippen LogP contribution is -2.40. The van der Waals surface area contributed by atoms with Crippen molar-refractivity contribution in [1.29, 1.82) is 0 Å². The lowest BCUT2D eigenvalue weighted by Gasteiger charge is -2.25. The Hall–Kier alpha value is -4.17. The summed E-state index contributed by atoms with van der Waals surface area (Å²) in [5.41, 5.74) is 11.2. The molecule has 208 valence electrons. The second kappa shape index (κ2) is 11.9. The molecular weight excluding hydrogens is 520 g/mol. The van der Waals surface area contributed by atoms with E-state index in [0.717, 1.165) is 38.1 Å². The summed E-state index contributed by atoms with van der Waals surface area (Å²) in [4.78, 5) is 13.2. The second-order valence-electron chi connectivity index (χ2n) is 10.0. The van der Waals surface area contributed by atoms with Gasteiger partial charge in [0.05, 0.1) is 16.8 Å². The lowest BCUT2D eigenvalue weighted by molar-refractivity contribution is -0.119. The van der Waals surface area contributed by atoms with Crippen molar-refractivity contribution in [3.05, 3.63) is 112 Å². The zero-order valence-electron chi connectivity index (χ0n) is 23.9. The highest BCUT2D eigenvalue weighted by Crippen LogP contribution is 2.28. The van der Waals surface area contributed by atoms with Crippen LogP contribution in [-0.2, 0) is 21.2 Å². The quantitative estimate of drug-likeness (QED) is 0.205. The smallest absolute Gasteiger partial charge is 0.264 e. The van der Waals surface area contributed by atoms with Gasteiger partial charge in [-0.15, -0.1) is 0 Å². The molecule has 0 saturated carbocycles. The minimum Gasteiger partial charge on any atom is -0.318 e. The van der Waals surface area contributed by atoms with E-state index in [2.05, 4.69) is 47.1 Å². The number of amides is 1. The zero-order chi connectivity index (χ0) is 29.0. The van der Waals surface area contributed by atoms with Gasteiger partial charge in [0.1, 0.15) is 6.54 Å². The van der Waals surface area contributed by atoms with Gasteiger partial charge in [0.2, 0.25) is 0 Å². The van der Waals surface area contributed by atoms with Crippen molar-refractivity contribution in [1.82, 2.24) is 9.99 Å². The molecule has 0 bridgehead atoms. The number of benzene rings is 3. The number of anilines is 1. The van der Waals surface area contributed by atoms with Crippen molar-refractivity contribution in [3.8, 4) is 5.69 Å². The fraction of sp³-hybridized carbons (Fsp3) is 0.250. The van der Waals surface area contributed by atoms with Crippen LogP contribution in [0.25, 0.3) is 5.69 Å². The Balaban J connectivity index is 1.58. The molecule has 0 aliphatic carbocycles. The van der Waals surface area contributed by atoms with E-state index in [9.17, 15) is 13.2 Å². The van der Waals surface area contributed by atoms with E-state index in [-0.39, 0.29) is 4.90 Å². The van der Waals surface area contributed by atoms with Gasteiger partial charge in [-0.2, -0.15) is 5.10 Å². The molecule has 0 aliphatic heterocycles. The zero-order valence-corrected chi connectivity index (χ0v) is 24.7. The van der Waals surface area contributed by atoms with Crippen molar-refractivity contribution in [2.75, 3.05) is 10.8 Å². The first kappa shape index (κ1) is 28.8. The molecule has 1 amide bonds. The molecule has 40 heavy (non-hydrogen) atoms. The molecule has 3 aromatic carbocycles. The summed E-state index contributed by atoms with van der Waals surface area (Å²) in [5, 5.41) is 4.18. The van der Waals surface area contributed by atoms with Gasteiger partial charge in [-0.05, 0) is 94.1 Å². The molecule has 0 spiro atoms. The van der Waals surface area contributed by atoms with Gasteiger partial charge < -0.3 is 4.57 Å². The van der Waals surface area contributed by atoms with Crippen LogP contribution in [-0.4, -0.2) is 31.7 Å². The molecule has 4 rings (SSSR count). The number of aromatic nitrogens is 1. The minimum atomic E-state index is -4.00. The van der Waals surface area contributed by atoms with Gasteiger partial charge in [-0.3, -0.25) is 9.10 Å². The predicted octanol–water partition coefficient (Wildman–Crippen LogP) is 5.93. The maximum atomic E-state index is 13.7. The van der Waals surface area contributed by atoms with Crippen LogP contribution < -0.4 is 9.73 Å². The number of nitrogens with one attached hydrogen (secondary N) is 1. The van der Waals surface area contributed by atoms with Gasteiger partial charge in [-0.1, -0.05) is 48.9 Å². The number of carbonyl (C=O) groups is 1. The molecule has 4 aromatic rings. The van der Waals surface area contributed by atoms with Crippen LogP contribution in [0.1, 0.15) is 46.1 Å². The molecule has 0 saturated heterocycles. The van der Waals surface area contributed by atoms with Crippen molar-refractivity contribution in [2.24, 2.45) is 5.10 Å². The largest absolute Gasteiger partial charge is 0.318 e. The van der Waals surface area contributed by atoms with E-state index in [1.807, 2.05) is 45.9 Å². The van der Waals surface area contributed by atoms with Crippen LogP contribution >= 0.6 is 0 Å². The molecular formula is C32H36N4O3S. The number of hydrogen-bond acceptors (Lipinski definition) is 4. The first-order chi connectivity index (χ1) is 19.0. The summed E-state index contributed by atoms with van der Waals surface area (Å²) in [6.45, 7) is 11.6. The van der Waals surface area contributed by atoms with Gasteiger partial charge in [0.15, 0.2) is 0 Å². The Morgan fingerprint density at radius 2 is 1.62 bits per heavy atom. The highest BCUT2D eigenvalue weighted by atomic mass is 32.2. The predicted molar refractivity (Wildman–Crippen MR) is 162 cm³/mol. The third kappa shape index (κ3) is 6.02. The van der Waals surface area contributed by atoms with E-state index < -0.39 is 22.5 Å². The second-order valence-corrected chi connectivity index (χ2v) is 11.9. The SMILES string of the molecule is CCc1ccccc1N(CC(=O)N/N=C\c1cc(C)n(-c2ccc(C)c(C)c2)c1C)S(=O)(=O)c1ccc(C)cc1. The van der Waals surface area contributed by atoms with Gasteiger partial charge in [-0.25, -0.2) is 13.8 Å². The normalized spacial score (nSPS) is 11.7. The monoisotopic (exact) mass is 556 g/mol. The molecule has 0 fully saturated rings. The molecule has 1 heterocycles. The molecule has 1 aromatic heterocycles. The van der Waals surface area contributed by atoms with E-state index in [0.29, 0.717) is 12.1 Å². The number of nitrogens with zero attached hydrogens (tertiary/aromatic N) is 3. The van der Waals surface area contributed by atoms with Crippen molar-refractivity contribution in [3.63, 3.8) is 0 Å². The number of carbonyl (C=O) groups excluding carboxylic acids is 1. The van der Waals surface area contributed by atoms with Crippen LogP contribution in [0.15, 0.2) is 82.8 Å². The van der Waals surface area contributed by atoms with E-state index in [1.54, 1.807) is 42.6 Å². The fourth-order valence-electron chi connectivity index (χ4n) is 4.71. The lowest BCUT2D eigenvalue weighted by atomic mass is 10.1. The third-order valence-electron chi connectivity index (χ3n) is 7.15. The Morgan fingerprint density at radius 1 is 0.925 bits per heavy atom. The van der Waals surface area contributed by atoms with Crippen LogP contribution in [0, 0.1) is 34.6 Å². The molecule has 7 nitrogen and oxygen atoms in total. The standard InChI is InChI=1S/C32H36N4O3S/c1-7-27-10-8-9-11-31(27)35(40(38,39)30-16-12-22(2)13-17-30)21-32(37)34-33-20-28-19-25(5)36(26(28)6)29-15-14-23(3)24(4)18-29/h8-20H,7,21H2,1-6H3,(H,34,37)/b33-20-. The summed E-state index contributed by atoms with van der Waals surface area (Å²) in [6.07, 6.45) is 2.21. The number of rotatable bonds is 9. The number of para-hydroxylation sites is 1. The van der Waals surface area contributed by atoms with E-state index in [1.165, 1.54) is 11.1 Å². The van der Waals surface area contributed by atoms with Gasteiger partial charge in [0, 0.05) is 22.6 Å². The fourth-order valence-corrected chi connectivity index (χ4v) is 6.17. The van der Waals surface area contributed by atoms with Crippen molar-refractivity contribution < 1.29 is 13.2 Å². The molecule has 0 radical (unpaired) electrons. The summed E-state index contributed by atoms with van der Waals surface area (Å²) in [5.74, 6) is -0.541. The summed E-state index contributed by atoms with van der Waals surface area (Å²) in [7, 11) is -4.00. The topological polar surface area (TPSA) is 83.8 Å². The highest BCUT2D eigenvalue weighted by Gasteiger charge is 2.28. The number of aryl methyl sites for hydroxylation is 5. The third-order valence-corrected chi connectivity index (χ3v) is 8.92. The van der Waals surface area contributed by atoms with Crippen LogP contribution in [0.2, 0.25) is 0 Å². The molecule has 8 heteroatoms. The first-order valence-electron chi connectivity index (χ1n) is 13.3. The van der Waals surface area contributed by atoms with Crippen LogP contribution in [0.4, 0.5) is 5.69 Å². The summed E-state index contributed by atoms with van der Waals surface area (Å²) in [6, 6.07) is 22.2. The van der Waals surface area contributed by atoms with Crippen molar-refractivity contribution in [2.45, 2.75) is 52.9 Å². The summed E-state index contributed by atoms with van der Waals surface area (Å²) < 4.78 is 30.7. The average Bonchev–Trinajstić information content (AvgIpc) is 3.21.